The summed E-state index contributed by atoms with van der Waals surface area (Å²) in [7, 11) is 5.49. The molecule has 0 aliphatic heterocycles. The summed E-state index contributed by atoms with van der Waals surface area (Å²) in [5.74, 6) is 0.0872. The van der Waals surface area contributed by atoms with Crippen LogP contribution in [-0.2, 0) is 0 Å². The minimum atomic E-state index is 0.0872. The molecule has 1 rings (SSSR count). The van der Waals surface area contributed by atoms with Crippen LogP contribution in [0.15, 0.2) is 46.9 Å². The number of thiol groups is 1. The summed E-state index contributed by atoms with van der Waals surface area (Å²) in [6.45, 7) is 7.05. The molecule has 0 radical (unpaired) electrons. The number of benzene rings is 1. The molecule has 0 aliphatic carbocycles. The van der Waals surface area contributed by atoms with E-state index in [1.165, 1.54) is 4.68 Å². The van der Waals surface area contributed by atoms with E-state index in [2.05, 4.69) is 36.2 Å². The normalized spacial score (nSPS) is 9.70. The van der Waals surface area contributed by atoms with Gasteiger partial charge in [-0.15, -0.1) is 10.2 Å². The van der Waals surface area contributed by atoms with Crippen LogP contribution in [0.4, 0.5) is 11.4 Å². The van der Waals surface area contributed by atoms with E-state index in [0.29, 0.717) is 10.9 Å². The second kappa shape index (κ2) is 9.11. The van der Waals surface area contributed by atoms with E-state index in [4.69, 9.17) is 0 Å². The lowest BCUT2D eigenvalue weighted by atomic mass is 10.3. The highest BCUT2D eigenvalue weighted by Crippen LogP contribution is 2.19. The molecule has 0 unspecified atom stereocenters. The number of azo groups is 1. The molecular weight excluding hydrogens is 274 g/mol. The van der Waals surface area contributed by atoms with Crippen molar-refractivity contribution in [3.8, 4) is 0 Å². The van der Waals surface area contributed by atoms with E-state index in [-0.39, 0.29) is 5.82 Å². The van der Waals surface area contributed by atoms with Crippen LogP contribution in [0.3, 0.4) is 0 Å². The molecule has 6 nitrogen and oxygen atoms in total. The number of hydrogen-bond acceptors (Lipinski definition) is 6. The summed E-state index contributed by atoms with van der Waals surface area (Å²) in [6.07, 6.45) is 1.69. The molecule has 0 saturated heterocycles. The predicted molar refractivity (Wildman–Crippen MR) is 86.3 cm³/mol. The third-order valence-electron chi connectivity index (χ3n) is 2.20. The zero-order valence-electron chi connectivity index (χ0n) is 12.4. The van der Waals surface area contributed by atoms with Crippen molar-refractivity contribution in [1.29, 1.82) is 0 Å². The average molecular weight is 296 g/mol. The molecule has 0 fully saturated rings. The van der Waals surface area contributed by atoms with Gasteiger partial charge in [0.05, 0.1) is 5.69 Å². The van der Waals surface area contributed by atoms with E-state index in [1.54, 1.807) is 13.3 Å². The summed E-state index contributed by atoms with van der Waals surface area (Å²) in [5.41, 5.74) is 1.76. The van der Waals surface area contributed by atoms with Gasteiger partial charge >= 0.3 is 0 Å². The standard InChI is InChI=1S/C12H18N5O.CH4S/c1-10(17(18)16(4)5)13-14-11-6-8-12(9-7-11)15(2)3;1-2/h6-9,18H,1,4H2,2-3,5H3;2H,1H3/q+1;. The SMILES string of the molecule is C=C(N=Nc1ccc(N(C)C)cc1)N(O)[N+](=C)C.CS. The summed E-state index contributed by atoms with van der Waals surface area (Å²) < 4.78 is 1.19. The van der Waals surface area contributed by atoms with Crippen molar-refractivity contribution in [2.75, 3.05) is 32.3 Å². The fourth-order valence-electron chi connectivity index (χ4n) is 1.17. The fourth-order valence-corrected chi connectivity index (χ4v) is 1.17. The number of anilines is 1. The first-order valence-corrected chi connectivity index (χ1v) is 6.67. The molecule has 0 saturated carbocycles. The van der Waals surface area contributed by atoms with Crippen LogP contribution in [0, 0.1) is 0 Å². The third-order valence-corrected chi connectivity index (χ3v) is 2.20. The largest absolute Gasteiger partial charge is 0.378 e. The van der Waals surface area contributed by atoms with Crippen LogP contribution in [0.25, 0.3) is 0 Å². The van der Waals surface area contributed by atoms with Gasteiger partial charge in [-0.05, 0) is 42.3 Å². The molecule has 0 aromatic heterocycles. The van der Waals surface area contributed by atoms with Gasteiger partial charge in [0, 0.05) is 19.8 Å². The molecule has 0 bridgehead atoms. The zero-order chi connectivity index (χ0) is 15.7. The molecule has 0 spiro atoms. The first-order valence-electron chi connectivity index (χ1n) is 5.77. The topological polar surface area (TPSA) is 54.4 Å². The lowest BCUT2D eigenvalue weighted by Crippen LogP contribution is -2.25. The lowest BCUT2D eigenvalue weighted by Gasteiger charge is -2.11. The van der Waals surface area contributed by atoms with Crippen LogP contribution >= 0.6 is 12.6 Å². The van der Waals surface area contributed by atoms with E-state index < -0.39 is 0 Å². The van der Waals surface area contributed by atoms with Crippen LogP contribution in [0.2, 0.25) is 0 Å². The van der Waals surface area contributed by atoms with Gasteiger partial charge in [0.2, 0.25) is 5.82 Å². The maximum Gasteiger partial charge on any atom is 0.234 e. The first kappa shape index (κ1) is 18.1. The Bertz CT molecular complexity index is 470. The van der Waals surface area contributed by atoms with Crippen LogP contribution in [0.5, 0.6) is 0 Å². The highest BCUT2D eigenvalue weighted by molar-refractivity contribution is 7.79. The Balaban J connectivity index is 0.00000172. The maximum atomic E-state index is 9.43. The highest BCUT2D eigenvalue weighted by atomic mass is 32.1. The van der Waals surface area contributed by atoms with Crippen molar-refractivity contribution in [2.45, 2.75) is 0 Å². The van der Waals surface area contributed by atoms with Crippen molar-refractivity contribution >= 4 is 30.7 Å². The second-order valence-corrected chi connectivity index (χ2v) is 3.97. The Hall–Kier alpha value is -1.86. The molecule has 1 aromatic rings. The van der Waals surface area contributed by atoms with Crippen LogP contribution < -0.4 is 4.90 Å². The van der Waals surface area contributed by atoms with Crippen molar-refractivity contribution < 1.29 is 9.89 Å². The van der Waals surface area contributed by atoms with Gasteiger partial charge in [0.15, 0.2) is 13.8 Å². The highest BCUT2D eigenvalue weighted by Gasteiger charge is 2.09. The lowest BCUT2D eigenvalue weighted by molar-refractivity contribution is -0.721. The minimum Gasteiger partial charge on any atom is -0.378 e. The third kappa shape index (κ3) is 5.85. The molecular formula is C13H22N5OS+. The Kier molecular flexibility index (Phi) is 8.26. The van der Waals surface area contributed by atoms with E-state index in [0.717, 1.165) is 5.69 Å². The van der Waals surface area contributed by atoms with Crippen molar-refractivity contribution in [3.63, 3.8) is 0 Å². The van der Waals surface area contributed by atoms with Crippen molar-refractivity contribution in [3.05, 3.63) is 36.7 Å². The number of rotatable bonds is 5. The minimum absolute atomic E-state index is 0.0872. The Labute approximate surface area is 125 Å². The summed E-state index contributed by atoms with van der Waals surface area (Å²) >= 11 is 3.53. The molecule has 0 amide bonds. The van der Waals surface area contributed by atoms with Gasteiger partial charge < -0.3 is 4.90 Å². The molecule has 20 heavy (non-hydrogen) atoms. The Morgan fingerprint density at radius 1 is 1.25 bits per heavy atom. The monoisotopic (exact) mass is 296 g/mol. The Morgan fingerprint density at radius 3 is 2.15 bits per heavy atom. The van der Waals surface area contributed by atoms with Gasteiger partial charge in [-0.2, -0.15) is 12.6 Å². The molecule has 0 atom stereocenters. The second-order valence-electron chi connectivity index (χ2n) is 3.97. The van der Waals surface area contributed by atoms with Gasteiger partial charge in [0.25, 0.3) is 0 Å². The van der Waals surface area contributed by atoms with Gasteiger partial charge in [-0.1, -0.05) is 4.68 Å². The molecule has 1 N–H and O–H groups in total. The number of nitrogens with zero attached hydrogens (tertiary/aromatic N) is 5. The van der Waals surface area contributed by atoms with E-state index >= 15 is 0 Å². The quantitative estimate of drug-likeness (QED) is 0.289. The first-order chi connectivity index (χ1) is 9.41. The smallest absolute Gasteiger partial charge is 0.234 e. The van der Waals surface area contributed by atoms with E-state index in [1.807, 2.05) is 43.3 Å². The molecule has 110 valence electrons. The van der Waals surface area contributed by atoms with Gasteiger partial charge in [0.1, 0.15) is 0 Å². The predicted octanol–water partition coefficient (Wildman–Crippen LogP) is 2.80. The summed E-state index contributed by atoms with van der Waals surface area (Å²) in [5, 5.41) is 17.9. The van der Waals surface area contributed by atoms with Crippen LogP contribution in [-0.4, -0.2) is 49.2 Å². The number of hydrazine groups is 1. The van der Waals surface area contributed by atoms with Gasteiger partial charge in [-0.3, -0.25) is 0 Å². The number of hydrazone groups is 1. The van der Waals surface area contributed by atoms with Crippen LogP contribution in [0.1, 0.15) is 0 Å². The maximum absolute atomic E-state index is 9.43. The average Bonchev–Trinajstić information content (AvgIpc) is 2.46. The molecule has 0 aliphatic rings. The molecule has 7 heteroatoms. The fraction of sp³-hybridized carbons (Fsp3) is 0.308. The number of hydroxylamine groups is 1. The summed E-state index contributed by atoms with van der Waals surface area (Å²) in [6, 6.07) is 7.53. The van der Waals surface area contributed by atoms with Crippen molar-refractivity contribution in [1.82, 2.24) is 5.17 Å². The number of hydrogen-bond donors (Lipinski definition) is 2. The van der Waals surface area contributed by atoms with Crippen molar-refractivity contribution in [2.24, 2.45) is 10.2 Å². The Morgan fingerprint density at radius 2 is 1.75 bits per heavy atom. The molecule has 1 aromatic carbocycles. The molecule has 0 heterocycles. The summed E-state index contributed by atoms with van der Waals surface area (Å²) in [4.78, 5) is 1.99. The van der Waals surface area contributed by atoms with E-state index in [9.17, 15) is 5.21 Å². The zero-order valence-corrected chi connectivity index (χ0v) is 13.2. The van der Waals surface area contributed by atoms with Gasteiger partial charge in [-0.25, -0.2) is 5.21 Å².